The maximum absolute atomic E-state index is 13.4. The van der Waals surface area contributed by atoms with Crippen LogP contribution >= 0.6 is 0 Å². The van der Waals surface area contributed by atoms with Gasteiger partial charge in [-0.05, 0) is 25.8 Å². The molecule has 2 aromatic carbocycles. The molecule has 0 amide bonds. The smallest absolute Gasteiger partial charge is 0.305 e. The van der Waals surface area contributed by atoms with Crippen LogP contribution in [0.15, 0.2) is 60.7 Å². The third kappa shape index (κ3) is 4.54. The Morgan fingerprint density at radius 1 is 0.960 bits per heavy atom. The number of Topliss-reactive ketones (excluding diaryl/α,β-unsaturated/α-hetero) is 1. The van der Waals surface area contributed by atoms with E-state index in [1.54, 1.807) is 12.1 Å². The summed E-state index contributed by atoms with van der Waals surface area (Å²) in [6, 6.07) is 18.4. The molecule has 2 aromatic rings. The summed E-state index contributed by atoms with van der Waals surface area (Å²) < 4.78 is 10.9. The van der Waals surface area contributed by atoms with Crippen LogP contribution in [0.4, 0.5) is 0 Å². The minimum Gasteiger partial charge on any atom is -0.469 e. The summed E-state index contributed by atoms with van der Waals surface area (Å²) in [4.78, 5) is 25.2. The molecule has 1 atom stereocenters. The van der Waals surface area contributed by atoms with E-state index in [4.69, 9.17) is 9.47 Å². The van der Waals surface area contributed by atoms with Gasteiger partial charge in [0.05, 0.1) is 13.2 Å². The second-order valence-electron chi connectivity index (χ2n) is 6.13. The van der Waals surface area contributed by atoms with Gasteiger partial charge in [0.25, 0.3) is 0 Å². The number of ether oxygens (including phenoxy) is 2. The molecule has 0 spiro atoms. The second kappa shape index (κ2) is 8.58. The van der Waals surface area contributed by atoms with Crippen LogP contribution in [0.2, 0.25) is 0 Å². The molecule has 0 aliphatic heterocycles. The van der Waals surface area contributed by atoms with E-state index in [0.717, 1.165) is 5.56 Å². The lowest BCUT2D eigenvalue weighted by Crippen LogP contribution is -2.41. The van der Waals surface area contributed by atoms with Crippen LogP contribution in [-0.2, 0) is 19.9 Å². The maximum Gasteiger partial charge on any atom is 0.305 e. The summed E-state index contributed by atoms with van der Waals surface area (Å²) >= 11 is 0. The van der Waals surface area contributed by atoms with Crippen molar-refractivity contribution in [2.75, 3.05) is 7.11 Å². The van der Waals surface area contributed by atoms with E-state index in [1.165, 1.54) is 7.11 Å². The zero-order valence-corrected chi connectivity index (χ0v) is 14.9. The summed E-state index contributed by atoms with van der Waals surface area (Å²) in [5, 5.41) is 0. The van der Waals surface area contributed by atoms with Crippen molar-refractivity contribution < 1.29 is 19.1 Å². The highest BCUT2D eigenvalue weighted by molar-refractivity contribution is 6.03. The molecule has 25 heavy (non-hydrogen) atoms. The van der Waals surface area contributed by atoms with Gasteiger partial charge in [-0.15, -0.1) is 0 Å². The van der Waals surface area contributed by atoms with E-state index in [0.29, 0.717) is 5.56 Å². The fourth-order valence-corrected chi connectivity index (χ4v) is 2.88. The quantitative estimate of drug-likeness (QED) is 0.535. The Morgan fingerprint density at radius 2 is 1.52 bits per heavy atom. The number of methoxy groups -OCH3 is 1. The number of ketones is 1. The molecule has 4 nitrogen and oxygen atoms in total. The number of carbonyl (C=O) groups excluding carboxylic acids is 2. The van der Waals surface area contributed by atoms with Crippen LogP contribution in [-0.4, -0.2) is 25.0 Å². The monoisotopic (exact) mass is 340 g/mol. The minimum absolute atomic E-state index is 0.0939. The molecular weight excluding hydrogens is 316 g/mol. The first kappa shape index (κ1) is 18.9. The molecule has 0 saturated carbocycles. The van der Waals surface area contributed by atoms with Crippen molar-refractivity contribution >= 4 is 11.8 Å². The van der Waals surface area contributed by atoms with Crippen LogP contribution in [0, 0.1) is 0 Å². The van der Waals surface area contributed by atoms with Gasteiger partial charge >= 0.3 is 5.97 Å². The van der Waals surface area contributed by atoms with Gasteiger partial charge in [-0.3, -0.25) is 9.59 Å². The Morgan fingerprint density at radius 3 is 2.04 bits per heavy atom. The molecule has 0 fully saturated rings. The number of carbonyl (C=O) groups is 2. The van der Waals surface area contributed by atoms with Crippen molar-refractivity contribution in [3.8, 4) is 0 Å². The summed E-state index contributed by atoms with van der Waals surface area (Å²) in [5.41, 5.74) is 0.0589. The predicted molar refractivity (Wildman–Crippen MR) is 96.4 cm³/mol. The van der Waals surface area contributed by atoms with Crippen LogP contribution in [0.1, 0.15) is 42.6 Å². The van der Waals surface area contributed by atoms with Crippen LogP contribution in [0.5, 0.6) is 0 Å². The van der Waals surface area contributed by atoms with Gasteiger partial charge in [0.2, 0.25) is 0 Å². The van der Waals surface area contributed by atoms with Gasteiger partial charge in [0, 0.05) is 12.0 Å². The zero-order valence-electron chi connectivity index (χ0n) is 14.9. The predicted octanol–water partition coefficient (Wildman–Crippen LogP) is 4.14. The van der Waals surface area contributed by atoms with Crippen molar-refractivity contribution in [2.45, 2.75) is 38.4 Å². The molecule has 0 radical (unpaired) electrons. The summed E-state index contributed by atoms with van der Waals surface area (Å²) in [6.07, 6.45) is 0.122. The second-order valence-corrected chi connectivity index (χ2v) is 6.13. The summed E-state index contributed by atoms with van der Waals surface area (Å²) in [5.74, 6) is -0.523. The van der Waals surface area contributed by atoms with Crippen molar-refractivity contribution in [2.24, 2.45) is 0 Å². The Kier molecular flexibility index (Phi) is 6.48. The number of hydrogen-bond acceptors (Lipinski definition) is 4. The largest absolute Gasteiger partial charge is 0.469 e. The Bertz CT molecular complexity index is 694. The third-order valence-corrected chi connectivity index (χ3v) is 3.99. The molecule has 1 unspecified atom stereocenters. The molecule has 4 heteroatoms. The summed E-state index contributed by atoms with van der Waals surface area (Å²) in [6.45, 7) is 3.77. The molecule has 0 N–H and O–H groups in total. The average Bonchev–Trinajstić information content (AvgIpc) is 2.65. The van der Waals surface area contributed by atoms with E-state index < -0.39 is 5.60 Å². The van der Waals surface area contributed by atoms with Crippen molar-refractivity contribution in [3.63, 3.8) is 0 Å². The number of rotatable bonds is 8. The first-order valence-electron chi connectivity index (χ1n) is 8.39. The van der Waals surface area contributed by atoms with Gasteiger partial charge < -0.3 is 9.47 Å². The molecular formula is C21H24O4. The number of benzene rings is 2. The third-order valence-electron chi connectivity index (χ3n) is 3.99. The first-order chi connectivity index (χ1) is 12.0. The molecule has 2 rings (SSSR count). The lowest BCUT2D eigenvalue weighted by Gasteiger charge is -2.35. The zero-order chi connectivity index (χ0) is 18.3. The van der Waals surface area contributed by atoms with E-state index in [2.05, 4.69) is 0 Å². The fraction of sp³-hybridized carbons (Fsp3) is 0.333. The molecule has 0 bridgehead atoms. The Hall–Kier alpha value is -2.46. The van der Waals surface area contributed by atoms with Crippen LogP contribution < -0.4 is 0 Å². The van der Waals surface area contributed by atoms with Crippen LogP contribution in [0.25, 0.3) is 0 Å². The minimum atomic E-state index is -1.23. The fourth-order valence-electron chi connectivity index (χ4n) is 2.88. The van der Waals surface area contributed by atoms with Gasteiger partial charge in [-0.25, -0.2) is 0 Å². The van der Waals surface area contributed by atoms with Gasteiger partial charge in [0.1, 0.15) is 0 Å². The molecule has 0 aliphatic rings. The lowest BCUT2D eigenvalue weighted by atomic mass is 9.81. The number of hydrogen-bond donors (Lipinski definition) is 0. The van der Waals surface area contributed by atoms with Gasteiger partial charge in [-0.1, -0.05) is 60.7 Å². The topological polar surface area (TPSA) is 52.6 Å². The van der Waals surface area contributed by atoms with Crippen molar-refractivity contribution in [1.82, 2.24) is 0 Å². The Labute approximate surface area is 148 Å². The highest BCUT2D eigenvalue weighted by Crippen LogP contribution is 2.36. The van der Waals surface area contributed by atoms with E-state index in [9.17, 15) is 9.59 Å². The van der Waals surface area contributed by atoms with Crippen molar-refractivity contribution in [3.05, 3.63) is 71.8 Å². The SMILES string of the molecule is COC(=O)CCC(OC(C)C)(C(=O)c1ccccc1)c1ccccc1. The van der Waals surface area contributed by atoms with E-state index >= 15 is 0 Å². The molecule has 0 heterocycles. The van der Waals surface area contributed by atoms with Crippen LogP contribution in [0.3, 0.4) is 0 Å². The Balaban J connectivity index is 2.53. The molecule has 0 aromatic heterocycles. The molecule has 0 aliphatic carbocycles. The van der Waals surface area contributed by atoms with Crippen molar-refractivity contribution in [1.29, 1.82) is 0 Å². The number of esters is 1. The maximum atomic E-state index is 13.4. The normalized spacial score (nSPS) is 13.3. The standard InChI is InChI=1S/C21H24O4/c1-16(2)25-21(15-14-19(22)24-3,18-12-8-5-9-13-18)20(23)17-10-6-4-7-11-17/h4-13,16H,14-15H2,1-3H3. The van der Waals surface area contributed by atoms with E-state index in [1.807, 2.05) is 62.4 Å². The lowest BCUT2D eigenvalue weighted by molar-refractivity contribution is -0.143. The van der Waals surface area contributed by atoms with E-state index in [-0.39, 0.29) is 30.7 Å². The van der Waals surface area contributed by atoms with Gasteiger partial charge in [0.15, 0.2) is 11.4 Å². The van der Waals surface area contributed by atoms with Gasteiger partial charge in [-0.2, -0.15) is 0 Å². The summed E-state index contributed by atoms with van der Waals surface area (Å²) in [7, 11) is 1.34. The average molecular weight is 340 g/mol. The molecule has 0 saturated heterocycles. The highest BCUT2D eigenvalue weighted by atomic mass is 16.5. The first-order valence-corrected chi connectivity index (χ1v) is 8.39. The molecule has 132 valence electrons. The highest BCUT2D eigenvalue weighted by Gasteiger charge is 2.42.